The van der Waals surface area contributed by atoms with Crippen molar-refractivity contribution in [2.75, 3.05) is 11.9 Å². The summed E-state index contributed by atoms with van der Waals surface area (Å²) in [7, 11) is 0. The van der Waals surface area contributed by atoms with Crippen LogP contribution >= 0.6 is 15.9 Å². The van der Waals surface area contributed by atoms with Crippen molar-refractivity contribution in [2.24, 2.45) is 0 Å². The van der Waals surface area contributed by atoms with E-state index in [1.165, 1.54) is 0 Å². The summed E-state index contributed by atoms with van der Waals surface area (Å²) in [5.41, 5.74) is 0.880. The smallest absolute Gasteiger partial charge is 0.330 e. The number of ether oxygens (including phenoxy) is 1. The summed E-state index contributed by atoms with van der Waals surface area (Å²) in [5, 5.41) is 2.87. The van der Waals surface area contributed by atoms with Crippen LogP contribution in [0.1, 0.15) is 5.56 Å². The van der Waals surface area contributed by atoms with E-state index in [0.29, 0.717) is 11.6 Å². The van der Waals surface area contributed by atoms with Gasteiger partial charge in [0.15, 0.2) is 11.6 Å². The van der Waals surface area contributed by atoms with Crippen LogP contribution in [0.4, 0.5) is 5.82 Å². The van der Waals surface area contributed by atoms with E-state index < -0.39 is 0 Å². The summed E-state index contributed by atoms with van der Waals surface area (Å²) in [6.07, 6.45) is 1.68. The van der Waals surface area contributed by atoms with E-state index in [9.17, 15) is 4.79 Å². The van der Waals surface area contributed by atoms with Crippen LogP contribution in [0.25, 0.3) is 0 Å². The Kier molecular flexibility index (Phi) is 1.95. The average molecular weight is 243 g/mol. The third-order valence-electron chi connectivity index (χ3n) is 1.84. The number of hydrogen-bond acceptors (Lipinski definition) is 4. The Labute approximate surface area is 83.4 Å². The minimum absolute atomic E-state index is 0.182. The van der Waals surface area contributed by atoms with Gasteiger partial charge in [0, 0.05) is 16.2 Å². The van der Waals surface area contributed by atoms with Gasteiger partial charge in [-0.15, -0.1) is 0 Å². The molecular weight excluding hydrogens is 236 g/mol. The lowest BCUT2D eigenvalue weighted by molar-refractivity contribution is -0.132. The lowest BCUT2D eigenvalue weighted by Gasteiger charge is -2.18. The number of pyridine rings is 1. The largest absolute Gasteiger partial charge is 0.421 e. The Morgan fingerprint density at radius 1 is 1.69 bits per heavy atom. The first-order chi connectivity index (χ1) is 6.18. The number of carbonyl (C=O) groups is 1. The molecular formula is C8H7BrN2O2. The predicted molar refractivity (Wildman–Crippen MR) is 50.8 cm³/mol. The maximum Gasteiger partial charge on any atom is 0.330 e. The van der Waals surface area contributed by atoms with Crippen LogP contribution in [0.15, 0.2) is 10.7 Å². The SMILES string of the molecule is Cc1c(Br)cnc2c1OC(=O)CN2. The summed E-state index contributed by atoms with van der Waals surface area (Å²) in [5.74, 6) is 0.862. The number of nitrogens with one attached hydrogen (secondary N) is 1. The predicted octanol–water partition coefficient (Wildman–Crippen LogP) is 1.48. The summed E-state index contributed by atoms with van der Waals surface area (Å²) >= 11 is 3.31. The molecule has 0 radical (unpaired) electrons. The first-order valence-electron chi connectivity index (χ1n) is 3.78. The molecule has 68 valence electrons. The molecule has 2 heterocycles. The number of carbonyl (C=O) groups excluding carboxylic acids is 1. The molecule has 0 spiro atoms. The molecule has 2 rings (SSSR count). The fraction of sp³-hybridized carbons (Fsp3) is 0.250. The van der Waals surface area contributed by atoms with E-state index in [-0.39, 0.29) is 12.5 Å². The monoisotopic (exact) mass is 242 g/mol. The van der Waals surface area contributed by atoms with Gasteiger partial charge in [-0.05, 0) is 22.9 Å². The number of halogens is 1. The highest BCUT2D eigenvalue weighted by Gasteiger charge is 2.20. The maximum absolute atomic E-state index is 11.0. The van der Waals surface area contributed by atoms with Crippen LogP contribution in [0.3, 0.4) is 0 Å². The molecule has 1 N–H and O–H groups in total. The molecule has 0 saturated carbocycles. The Morgan fingerprint density at radius 2 is 2.46 bits per heavy atom. The lowest BCUT2D eigenvalue weighted by atomic mass is 10.2. The van der Waals surface area contributed by atoms with Crippen molar-refractivity contribution in [1.29, 1.82) is 0 Å². The summed E-state index contributed by atoms with van der Waals surface area (Å²) in [6.45, 7) is 2.05. The fourth-order valence-electron chi connectivity index (χ4n) is 1.12. The molecule has 4 nitrogen and oxygen atoms in total. The molecule has 1 aromatic heterocycles. The average Bonchev–Trinajstić information content (AvgIpc) is 2.12. The fourth-order valence-corrected chi connectivity index (χ4v) is 1.40. The van der Waals surface area contributed by atoms with Gasteiger partial charge in [0.2, 0.25) is 0 Å². The zero-order valence-electron chi connectivity index (χ0n) is 6.93. The van der Waals surface area contributed by atoms with Gasteiger partial charge in [-0.25, -0.2) is 9.78 Å². The van der Waals surface area contributed by atoms with E-state index >= 15 is 0 Å². The Balaban J connectivity index is 2.54. The first-order valence-corrected chi connectivity index (χ1v) is 4.57. The van der Waals surface area contributed by atoms with Crippen LogP contribution < -0.4 is 10.1 Å². The number of hydrogen-bond donors (Lipinski definition) is 1. The van der Waals surface area contributed by atoms with Gasteiger partial charge in [0.25, 0.3) is 0 Å². The van der Waals surface area contributed by atoms with Crippen LogP contribution in [0.2, 0.25) is 0 Å². The number of anilines is 1. The molecule has 0 saturated heterocycles. The highest BCUT2D eigenvalue weighted by Crippen LogP contribution is 2.33. The van der Waals surface area contributed by atoms with Crippen molar-refractivity contribution in [3.8, 4) is 5.75 Å². The molecule has 0 bridgehead atoms. The number of aromatic nitrogens is 1. The van der Waals surface area contributed by atoms with Crippen molar-refractivity contribution < 1.29 is 9.53 Å². The summed E-state index contributed by atoms with van der Waals surface area (Å²) < 4.78 is 5.89. The zero-order chi connectivity index (χ0) is 9.42. The minimum atomic E-state index is -0.282. The molecule has 1 aliphatic heterocycles. The number of esters is 1. The van der Waals surface area contributed by atoms with Crippen LogP contribution in [0, 0.1) is 6.92 Å². The number of fused-ring (bicyclic) bond motifs is 1. The Hall–Kier alpha value is -1.10. The van der Waals surface area contributed by atoms with Gasteiger partial charge in [-0.3, -0.25) is 0 Å². The van der Waals surface area contributed by atoms with Gasteiger partial charge in [-0.2, -0.15) is 0 Å². The second-order valence-electron chi connectivity index (χ2n) is 2.74. The van der Waals surface area contributed by atoms with E-state index in [0.717, 1.165) is 10.0 Å². The third-order valence-corrected chi connectivity index (χ3v) is 2.64. The normalized spacial score (nSPS) is 14.5. The molecule has 1 aliphatic rings. The molecule has 0 fully saturated rings. The third kappa shape index (κ3) is 1.39. The van der Waals surface area contributed by atoms with Crippen molar-refractivity contribution in [3.63, 3.8) is 0 Å². The van der Waals surface area contributed by atoms with E-state index in [4.69, 9.17) is 4.74 Å². The molecule has 0 unspecified atom stereocenters. The lowest BCUT2D eigenvalue weighted by Crippen LogP contribution is -2.26. The zero-order valence-corrected chi connectivity index (χ0v) is 8.51. The topological polar surface area (TPSA) is 51.2 Å². The number of rotatable bonds is 0. The van der Waals surface area contributed by atoms with Crippen molar-refractivity contribution in [1.82, 2.24) is 4.98 Å². The van der Waals surface area contributed by atoms with Crippen molar-refractivity contribution in [3.05, 3.63) is 16.2 Å². The Bertz CT molecular complexity index is 379. The molecule has 13 heavy (non-hydrogen) atoms. The van der Waals surface area contributed by atoms with Gasteiger partial charge < -0.3 is 10.1 Å². The van der Waals surface area contributed by atoms with Crippen LogP contribution in [-0.4, -0.2) is 17.5 Å². The molecule has 0 amide bonds. The van der Waals surface area contributed by atoms with Crippen molar-refractivity contribution >= 4 is 27.7 Å². The summed E-state index contributed by atoms with van der Waals surface area (Å²) in [6, 6.07) is 0. The molecule has 0 aliphatic carbocycles. The second kappa shape index (κ2) is 2.99. The standard InChI is InChI=1S/C8H7BrN2O2/c1-4-5(9)2-10-8-7(4)13-6(12)3-11-8/h2H,3H2,1H3,(H,10,11). The highest BCUT2D eigenvalue weighted by atomic mass is 79.9. The van der Waals surface area contributed by atoms with Gasteiger partial charge in [0.05, 0.1) is 0 Å². The van der Waals surface area contributed by atoms with Crippen LogP contribution in [-0.2, 0) is 4.79 Å². The highest BCUT2D eigenvalue weighted by molar-refractivity contribution is 9.10. The van der Waals surface area contributed by atoms with Gasteiger partial charge >= 0.3 is 5.97 Å². The number of nitrogens with zero attached hydrogens (tertiary/aromatic N) is 1. The first kappa shape index (κ1) is 8.50. The van der Waals surface area contributed by atoms with Gasteiger partial charge in [0.1, 0.15) is 6.54 Å². The molecule has 1 aromatic rings. The van der Waals surface area contributed by atoms with E-state index in [1.807, 2.05) is 6.92 Å². The Morgan fingerprint density at radius 3 is 3.23 bits per heavy atom. The second-order valence-corrected chi connectivity index (χ2v) is 3.59. The maximum atomic E-state index is 11.0. The quantitative estimate of drug-likeness (QED) is 0.701. The molecule has 5 heteroatoms. The molecule has 0 atom stereocenters. The van der Waals surface area contributed by atoms with E-state index in [2.05, 4.69) is 26.2 Å². The van der Waals surface area contributed by atoms with E-state index in [1.54, 1.807) is 6.20 Å². The van der Waals surface area contributed by atoms with Crippen LogP contribution in [0.5, 0.6) is 5.75 Å². The van der Waals surface area contributed by atoms with Crippen molar-refractivity contribution in [2.45, 2.75) is 6.92 Å². The minimum Gasteiger partial charge on any atom is -0.421 e. The summed E-state index contributed by atoms with van der Waals surface area (Å²) in [4.78, 5) is 15.0. The molecule has 0 aromatic carbocycles. The van der Waals surface area contributed by atoms with Gasteiger partial charge in [-0.1, -0.05) is 0 Å².